The second kappa shape index (κ2) is 21.6. The third-order valence-electron chi connectivity index (χ3n) is 14.0. The number of rotatable bonds is 8. The lowest BCUT2D eigenvalue weighted by atomic mass is 9.78. The molecule has 62 heavy (non-hydrogen) atoms. The molecule has 4 aliphatic heterocycles. The van der Waals surface area contributed by atoms with Crippen LogP contribution in [0, 0.1) is 35.5 Å². The molecule has 0 radical (unpaired) electrons. The fourth-order valence-corrected chi connectivity index (χ4v) is 10.5. The molecule has 14 atom stereocenters. The number of nitrogens with zero attached hydrogens (tertiary/aromatic N) is 2. The van der Waals surface area contributed by atoms with Crippen molar-refractivity contribution >= 4 is 35.6 Å². The van der Waals surface area contributed by atoms with Gasteiger partial charge < -0.3 is 43.5 Å². The minimum Gasteiger partial charge on any atom is -0.464 e. The van der Waals surface area contributed by atoms with Gasteiger partial charge in [0.2, 0.25) is 11.4 Å². The monoisotopic (exact) mass is 873 g/mol. The third-order valence-corrected chi connectivity index (χ3v) is 14.0. The molecule has 5 rings (SSSR count). The molecule has 1 saturated carbocycles. The molecule has 3 fully saturated rings. The number of esters is 2. The lowest BCUT2D eigenvalue weighted by Gasteiger charge is -2.48. The van der Waals surface area contributed by atoms with Gasteiger partial charge in [0.05, 0.1) is 31.0 Å². The SMILES string of the molecule is CCOC(=O)COC1CCC(C=C(C)C2OC(=O)C34CCCCN3C(=O)C(=O)C3(O)OC(C(OC)CC(C)CC(C)CC(=CC=N4)C(=O)CC(O)C2C)C(OC)CC3C)CC1C. The first-order chi connectivity index (χ1) is 29.4. The second-order valence-corrected chi connectivity index (χ2v) is 18.9. The molecule has 348 valence electrons. The quantitative estimate of drug-likeness (QED) is 0.187. The Hall–Kier alpha value is -3.34. The largest absolute Gasteiger partial charge is 0.464 e. The Morgan fingerprint density at radius 3 is 2.34 bits per heavy atom. The van der Waals surface area contributed by atoms with Gasteiger partial charge in [0.25, 0.3) is 11.7 Å². The first-order valence-electron chi connectivity index (χ1n) is 22.8. The van der Waals surface area contributed by atoms with Crippen molar-refractivity contribution in [3.05, 3.63) is 23.3 Å². The molecular weight excluding hydrogens is 801 g/mol. The molecule has 4 heterocycles. The number of piperidine rings is 1. The normalized spacial score (nSPS) is 39.6. The van der Waals surface area contributed by atoms with Crippen molar-refractivity contribution in [2.75, 3.05) is 34.0 Å². The standard InChI is InChI=1S/C47H72N2O13/c1-10-59-40(52)26-60-37-14-13-33(22-29(37)4)23-30(5)41-32(7)35(50)25-36(51)34-15-17-48-46(45(55)61-41)16-11-12-18-49(46)44(54)43(53)47(56)31(6)24-39(58-9)42(62-47)38(57-8)21-28(3)19-27(2)20-34/h15,17,23,27-29,31-33,35,37-39,41-42,50,56H,10-14,16,18-22,24-26H2,1-9H3. The number of fused-ring (bicyclic) bond motifs is 3. The Morgan fingerprint density at radius 1 is 0.952 bits per heavy atom. The smallest absolute Gasteiger partial charge is 0.355 e. The van der Waals surface area contributed by atoms with Crippen LogP contribution in [0.15, 0.2) is 28.3 Å². The Bertz CT molecular complexity index is 1710. The zero-order chi connectivity index (χ0) is 45.5. The minimum atomic E-state index is -2.57. The Balaban J connectivity index is 1.57. The van der Waals surface area contributed by atoms with E-state index in [9.17, 15) is 29.4 Å². The van der Waals surface area contributed by atoms with E-state index in [2.05, 4.69) is 13.8 Å². The topological polar surface area (TPSA) is 197 Å². The predicted octanol–water partition coefficient (Wildman–Crippen LogP) is 5.07. The summed E-state index contributed by atoms with van der Waals surface area (Å²) in [7, 11) is 3.06. The van der Waals surface area contributed by atoms with E-state index >= 15 is 4.79 Å². The second-order valence-electron chi connectivity index (χ2n) is 18.9. The van der Waals surface area contributed by atoms with Crippen LogP contribution in [0.1, 0.15) is 119 Å². The molecule has 15 nitrogen and oxygen atoms in total. The van der Waals surface area contributed by atoms with Crippen LogP contribution in [0.4, 0.5) is 0 Å². The van der Waals surface area contributed by atoms with Crippen molar-refractivity contribution in [1.29, 1.82) is 0 Å². The highest BCUT2D eigenvalue weighted by Crippen LogP contribution is 2.41. The number of aliphatic hydroxyl groups excluding tert-OH is 1. The van der Waals surface area contributed by atoms with Crippen molar-refractivity contribution in [3.8, 4) is 0 Å². The molecule has 1 spiro atoms. The fourth-order valence-electron chi connectivity index (χ4n) is 10.5. The number of carbonyl (C=O) groups is 5. The first kappa shape index (κ1) is 49.7. The molecule has 2 saturated heterocycles. The Labute approximate surface area is 367 Å². The van der Waals surface area contributed by atoms with Crippen molar-refractivity contribution < 1.29 is 62.6 Å². The summed E-state index contributed by atoms with van der Waals surface area (Å²) >= 11 is 0. The van der Waals surface area contributed by atoms with E-state index in [1.54, 1.807) is 26.8 Å². The van der Waals surface area contributed by atoms with Crippen LogP contribution in [0.2, 0.25) is 0 Å². The van der Waals surface area contributed by atoms with Crippen molar-refractivity contribution in [2.24, 2.45) is 40.5 Å². The lowest BCUT2D eigenvalue weighted by molar-refractivity contribution is -0.302. The summed E-state index contributed by atoms with van der Waals surface area (Å²) in [5.74, 6) is -7.98. The van der Waals surface area contributed by atoms with Gasteiger partial charge in [-0.2, -0.15) is 0 Å². The van der Waals surface area contributed by atoms with Crippen LogP contribution in [0.5, 0.6) is 0 Å². The number of cyclic esters (lactones) is 1. The van der Waals surface area contributed by atoms with E-state index in [-0.39, 0.29) is 74.6 Å². The number of methoxy groups -OCH3 is 2. The molecule has 1 amide bonds. The van der Waals surface area contributed by atoms with E-state index in [4.69, 9.17) is 33.4 Å². The van der Waals surface area contributed by atoms with Gasteiger partial charge in [-0.25, -0.2) is 9.59 Å². The zero-order valence-corrected chi connectivity index (χ0v) is 38.3. The number of ketones is 2. The van der Waals surface area contributed by atoms with Crippen LogP contribution in [0.25, 0.3) is 0 Å². The van der Waals surface area contributed by atoms with Crippen LogP contribution >= 0.6 is 0 Å². The highest BCUT2D eigenvalue weighted by atomic mass is 16.7. The van der Waals surface area contributed by atoms with Crippen LogP contribution in [0.3, 0.4) is 0 Å². The van der Waals surface area contributed by atoms with Crippen LogP contribution in [-0.2, 0) is 52.4 Å². The summed E-state index contributed by atoms with van der Waals surface area (Å²) in [5.41, 5.74) is -0.974. The van der Waals surface area contributed by atoms with E-state index in [0.717, 1.165) is 17.7 Å². The van der Waals surface area contributed by atoms with Gasteiger partial charge in [0, 0.05) is 51.7 Å². The maximum Gasteiger partial charge on any atom is 0.355 e. The summed E-state index contributed by atoms with van der Waals surface area (Å²) in [5, 5.41) is 24.0. The number of ether oxygens (including phenoxy) is 6. The maximum atomic E-state index is 15.1. The van der Waals surface area contributed by atoms with E-state index in [0.29, 0.717) is 49.7 Å². The summed E-state index contributed by atoms with van der Waals surface area (Å²) in [6, 6.07) is 0. The summed E-state index contributed by atoms with van der Waals surface area (Å²) in [6.07, 6.45) is 5.01. The van der Waals surface area contributed by atoms with Gasteiger partial charge in [-0.1, -0.05) is 40.7 Å². The molecule has 1 aliphatic carbocycles. The molecule has 2 N–H and O–H groups in total. The van der Waals surface area contributed by atoms with Gasteiger partial charge >= 0.3 is 11.9 Å². The Morgan fingerprint density at radius 2 is 1.66 bits per heavy atom. The van der Waals surface area contributed by atoms with E-state index < -0.39 is 77.4 Å². The number of aliphatic hydroxyl groups is 2. The molecule has 14 unspecified atom stereocenters. The Kier molecular flexibility index (Phi) is 17.3. The molecule has 5 aliphatic rings. The van der Waals surface area contributed by atoms with Crippen LogP contribution < -0.4 is 0 Å². The molecule has 15 heteroatoms. The lowest BCUT2D eigenvalue weighted by Crippen LogP contribution is -2.67. The first-order valence-corrected chi connectivity index (χ1v) is 22.8. The average molecular weight is 873 g/mol. The van der Waals surface area contributed by atoms with Crippen LogP contribution in [-0.4, -0.2) is 133 Å². The fraction of sp³-hybridized carbons (Fsp3) is 0.787. The average Bonchev–Trinajstić information content (AvgIpc) is 3.23. The maximum absolute atomic E-state index is 15.1. The molecule has 0 aromatic heterocycles. The van der Waals surface area contributed by atoms with E-state index in [1.165, 1.54) is 20.4 Å². The number of aliphatic imine (C=N–C) groups is 1. The molecule has 0 aromatic rings. The number of allylic oxidation sites excluding steroid dienone is 3. The molecular formula is C47H72N2O13. The summed E-state index contributed by atoms with van der Waals surface area (Å²) in [4.78, 5) is 76.4. The number of hydrogen-bond donors (Lipinski definition) is 2. The van der Waals surface area contributed by atoms with Gasteiger partial charge in [-0.15, -0.1) is 0 Å². The summed E-state index contributed by atoms with van der Waals surface area (Å²) in [6.45, 7) is 13.2. The highest BCUT2D eigenvalue weighted by molar-refractivity contribution is 6.39. The van der Waals surface area contributed by atoms with Crippen molar-refractivity contribution in [1.82, 2.24) is 4.90 Å². The van der Waals surface area contributed by atoms with Crippen molar-refractivity contribution in [3.63, 3.8) is 0 Å². The molecule has 0 aromatic carbocycles. The minimum absolute atomic E-state index is 0.00109. The zero-order valence-electron chi connectivity index (χ0n) is 38.3. The van der Waals surface area contributed by atoms with Gasteiger partial charge in [0.15, 0.2) is 5.78 Å². The highest BCUT2D eigenvalue weighted by Gasteiger charge is 2.59. The number of hydrogen-bond acceptors (Lipinski definition) is 14. The van der Waals surface area contributed by atoms with Gasteiger partial charge in [-0.3, -0.25) is 19.4 Å². The van der Waals surface area contributed by atoms with Crippen molar-refractivity contribution in [2.45, 2.75) is 167 Å². The number of carbonyl (C=O) groups excluding carboxylic acids is 5. The number of amides is 1. The van der Waals surface area contributed by atoms with E-state index in [1.807, 2.05) is 19.9 Å². The third kappa shape index (κ3) is 11.1. The molecule has 4 bridgehead atoms. The van der Waals surface area contributed by atoms with Gasteiger partial charge in [-0.05, 0) is 113 Å². The predicted molar refractivity (Wildman–Crippen MR) is 229 cm³/mol. The summed E-state index contributed by atoms with van der Waals surface area (Å²) < 4.78 is 35.4. The van der Waals surface area contributed by atoms with Gasteiger partial charge in [0.1, 0.15) is 18.8 Å². The number of Topliss-reactive ketones (excluding diaryl/α,β-unsaturated/α-hetero) is 2.